The van der Waals surface area contributed by atoms with Gasteiger partial charge in [-0.2, -0.15) is 5.26 Å². The predicted octanol–water partition coefficient (Wildman–Crippen LogP) is 3.04. The minimum atomic E-state index is 0.414. The van der Waals surface area contributed by atoms with Gasteiger partial charge < -0.3 is 9.64 Å². The van der Waals surface area contributed by atoms with E-state index in [1.54, 1.807) is 19.1 Å². The lowest BCUT2D eigenvalue weighted by molar-refractivity contribution is 0.406. The van der Waals surface area contributed by atoms with Crippen LogP contribution in [0.5, 0.6) is 5.75 Å². The van der Waals surface area contributed by atoms with Gasteiger partial charge in [0.1, 0.15) is 5.75 Å². The number of hydrogen-bond acceptors (Lipinski definition) is 3. The standard InChI is InChI=1S/C14H20N2O/c1-10(2)13-7-12(8-16(4)9-15)11(3)6-14(13)17-5/h6-7,10H,8H2,1-5H3. The van der Waals surface area contributed by atoms with E-state index in [9.17, 15) is 0 Å². The van der Waals surface area contributed by atoms with Crippen LogP contribution in [0.15, 0.2) is 12.1 Å². The SMILES string of the molecule is COc1cc(C)c(CN(C)C#N)cc1C(C)C. The number of rotatable bonds is 4. The molecule has 1 aromatic carbocycles. The Hall–Kier alpha value is -1.69. The molecule has 0 aliphatic carbocycles. The van der Waals surface area contributed by atoms with E-state index in [2.05, 4.69) is 32.2 Å². The topological polar surface area (TPSA) is 36.3 Å². The van der Waals surface area contributed by atoms with Crippen LogP contribution < -0.4 is 4.74 Å². The molecule has 3 nitrogen and oxygen atoms in total. The molecule has 1 aromatic rings. The number of benzene rings is 1. The van der Waals surface area contributed by atoms with Gasteiger partial charge in [0.25, 0.3) is 0 Å². The van der Waals surface area contributed by atoms with E-state index in [4.69, 9.17) is 10.00 Å². The first-order valence-electron chi connectivity index (χ1n) is 5.77. The van der Waals surface area contributed by atoms with E-state index >= 15 is 0 Å². The molecule has 0 radical (unpaired) electrons. The summed E-state index contributed by atoms with van der Waals surface area (Å²) in [6, 6.07) is 4.20. The van der Waals surface area contributed by atoms with Gasteiger partial charge in [-0.1, -0.05) is 13.8 Å². The van der Waals surface area contributed by atoms with Crippen molar-refractivity contribution >= 4 is 0 Å². The fourth-order valence-corrected chi connectivity index (χ4v) is 1.83. The quantitative estimate of drug-likeness (QED) is 0.591. The molecule has 0 saturated carbocycles. The highest BCUT2D eigenvalue weighted by Crippen LogP contribution is 2.29. The summed E-state index contributed by atoms with van der Waals surface area (Å²) >= 11 is 0. The summed E-state index contributed by atoms with van der Waals surface area (Å²) in [5.41, 5.74) is 3.53. The first-order valence-corrected chi connectivity index (χ1v) is 5.77. The van der Waals surface area contributed by atoms with Gasteiger partial charge in [0, 0.05) is 7.05 Å². The number of nitriles is 1. The molecule has 0 atom stereocenters. The highest BCUT2D eigenvalue weighted by molar-refractivity contribution is 5.44. The number of methoxy groups -OCH3 is 1. The second-order valence-electron chi connectivity index (χ2n) is 4.63. The maximum absolute atomic E-state index is 8.82. The minimum Gasteiger partial charge on any atom is -0.496 e. The molecule has 3 heteroatoms. The van der Waals surface area contributed by atoms with Crippen molar-refractivity contribution in [2.75, 3.05) is 14.2 Å². The smallest absolute Gasteiger partial charge is 0.179 e. The van der Waals surface area contributed by atoms with Gasteiger partial charge >= 0.3 is 0 Å². The second-order valence-corrected chi connectivity index (χ2v) is 4.63. The Morgan fingerprint density at radius 2 is 2.06 bits per heavy atom. The average molecular weight is 232 g/mol. The van der Waals surface area contributed by atoms with Gasteiger partial charge in [-0.25, -0.2) is 0 Å². The van der Waals surface area contributed by atoms with Crippen LogP contribution >= 0.6 is 0 Å². The third kappa shape index (κ3) is 3.13. The summed E-state index contributed by atoms with van der Waals surface area (Å²) in [6.07, 6.45) is 2.12. The molecule has 1 rings (SSSR count). The molecule has 0 N–H and O–H groups in total. The molecular weight excluding hydrogens is 212 g/mol. The van der Waals surface area contributed by atoms with E-state index in [-0.39, 0.29) is 0 Å². The Morgan fingerprint density at radius 3 is 2.53 bits per heavy atom. The van der Waals surface area contributed by atoms with Crippen LogP contribution in [0.3, 0.4) is 0 Å². The van der Waals surface area contributed by atoms with E-state index in [1.807, 2.05) is 6.92 Å². The molecule has 0 fully saturated rings. The lowest BCUT2D eigenvalue weighted by Gasteiger charge is -2.17. The van der Waals surface area contributed by atoms with Gasteiger partial charge in [0.15, 0.2) is 6.19 Å². The number of hydrogen-bond donors (Lipinski definition) is 0. The minimum absolute atomic E-state index is 0.414. The Bertz CT molecular complexity index is 433. The Labute approximate surface area is 104 Å². The first-order chi connectivity index (χ1) is 7.99. The van der Waals surface area contributed by atoms with Crippen molar-refractivity contribution < 1.29 is 4.74 Å². The van der Waals surface area contributed by atoms with E-state index in [0.29, 0.717) is 12.5 Å². The lowest BCUT2D eigenvalue weighted by atomic mass is 9.96. The fourth-order valence-electron chi connectivity index (χ4n) is 1.83. The average Bonchev–Trinajstić information content (AvgIpc) is 2.30. The van der Waals surface area contributed by atoms with Crippen molar-refractivity contribution in [2.45, 2.75) is 33.2 Å². The zero-order valence-electron chi connectivity index (χ0n) is 11.2. The molecule has 0 aliphatic heterocycles. The normalized spacial score (nSPS) is 10.2. The van der Waals surface area contributed by atoms with Crippen molar-refractivity contribution in [3.8, 4) is 11.9 Å². The van der Waals surface area contributed by atoms with Crippen molar-refractivity contribution in [2.24, 2.45) is 0 Å². The van der Waals surface area contributed by atoms with Gasteiger partial charge in [0.2, 0.25) is 0 Å². The first kappa shape index (κ1) is 13.4. The van der Waals surface area contributed by atoms with Crippen molar-refractivity contribution in [1.82, 2.24) is 4.90 Å². The molecule has 0 aliphatic rings. The maximum Gasteiger partial charge on any atom is 0.179 e. The molecule has 0 amide bonds. The van der Waals surface area contributed by atoms with Crippen LogP contribution in [-0.4, -0.2) is 19.1 Å². The monoisotopic (exact) mass is 232 g/mol. The van der Waals surface area contributed by atoms with Gasteiger partial charge in [-0.15, -0.1) is 0 Å². The highest BCUT2D eigenvalue weighted by atomic mass is 16.5. The molecule has 0 unspecified atom stereocenters. The van der Waals surface area contributed by atoms with Crippen molar-refractivity contribution in [1.29, 1.82) is 5.26 Å². The van der Waals surface area contributed by atoms with Crippen LogP contribution in [0.2, 0.25) is 0 Å². The summed E-state index contributed by atoms with van der Waals surface area (Å²) in [7, 11) is 3.49. The number of ether oxygens (including phenoxy) is 1. The summed E-state index contributed by atoms with van der Waals surface area (Å²) in [4.78, 5) is 1.62. The molecule has 17 heavy (non-hydrogen) atoms. The fraction of sp³-hybridized carbons (Fsp3) is 0.500. The largest absolute Gasteiger partial charge is 0.496 e. The maximum atomic E-state index is 8.82. The lowest BCUT2D eigenvalue weighted by Crippen LogP contribution is -2.12. The van der Waals surface area contributed by atoms with Crippen LogP contribution in [-0.2, 0) is 6.54 Å². The van der Waals surface area contributed by atoms with Gasteiger partial charge in [-0.05, 0) is 41.7 Å². The summed E-state index contributed by atoms with van der Waals surface area (Å²) in [6.45, 7) is 6.98. The second kappa shape index (κ2) is 5.58. The van der Waals surface area contributed by atoms with Crippen LogP contribution in [0.4, 0.5) is 0 Å². The van der Waals surface area contributed by atoms with Crippen molar-refractivity contribution in [3.05, 3.63) is 28.8 Å². The van der Waals surface area contributed by atoms with Gasteiger partial charge in [-0.3, -0.25) is 0 Å². The van der Waals surface area contributed by atoms with E-state index < -0.39 is 0 Å². The third-order valence-electron chi connectivity index (χ3n) is 2.89. The third-order valence-corrected chi connectivity index (χ3v) is 2.89. The molecule has 0 saturated heterocycles. The highest BCUT2D eigenvalue weighted by Gasteiger charge is 2.11. The molecule has 0 aromatic heterocycles. The van der Waals surface area contributed by atoms with Gasteiger partial charge in [0.05, 0.1) is 13.7 Å². The Morgan fingerprint density at radius 1 is 1.41 bits per heavy atom. The van der Waals surface area contributed by atoms with Crippen LogP contribution in [0, 0.1) is 18.4 Å². The molecule has 0 bridgehead atoms. The summed E-state index contributed by atoms with van der Waals surface area (Å²) < 4.78 is 5.40. The van der Waals surface area contributed by atoms with Crippen LogP contribution in [0.1, 0.15) is 36.5 Å². The van der Waals surface area contributed by atoms with Crippen LogP contribution in [0.25, 0.3) is 0 Å². The molecule has 92 valence electrons. The molecular formula is C14H20N2O. The number of aryl methyl sites for hydroxylation is 1. The molecule has 0 spiro atoms. The summed E-state index contributed by atoms with van der Waals surface area (Å²) in [5.74, 6) is 1.34. The van der Waals surface area contributed by atoms with E-state index in [1.165, 1.54) is 11.1 Å². The predicted molar refractivity (Wildman–Crippen MR) is 68.9 cm³/mol. The Balaban J connectivity index is 3.16. The Kier molecular flexibility index (Phi) is 4.39. The molecule has 0 heterocycles. The van der Waals surface area contributed by atoms with Crippen molar-refractivity contribution in [3.63, 3.8) is 0 Å². The van der Waals surface area contributed by atoms with E-state index in [0.717, 1.165) is 11.3 Å². The zero-order valence-corrected chi connectivity index (χ0v) is 11.2. The number of nitrogens with zero attached hydrogens (tertiary/aromatic N) is 2. The zero-order chi connectivity index (χ0) is 13.0. The summed E-state index contributed by atoms with van der Waals surface area (Å²) in [5, 5.41) is 8.82.